The highest BCUT2D eigenvalue weighted by atomic mass is 16.4. The molecule has 0 aromatic heterocycles. The first kappa shape index (κ1) is 10.5. The van der Waals surface area contributed by atoms with E-state index in [4.69, 9.17) is 10.0 Å². The molecule has 0 saturated carbocycles. The van der Waals surface area contributed by atoms with Gasteiger partial charge in [0.2, 0.25) is 0 Å². The first-order valence-electron chi connectivity index (χ1n) is 5.06. The topological polar surface area (TPSA) is 63.9 Å². The summed E-state index contributed by atoms with van der Waals surface area (Å²) in [6.07, 6.45) is 0.554. The van der Waals surface area contributed by atoms with Crippen molar-refractivity contribution in [1.29, 1.82) is 0 Å². The fourth-order valence-electron chi connectivity index (χ4n) is 1.83. The molecule has 0 spiro atoms. The molecule has 4 nitrogen and oxygen atoms in total. The zero-order valence-electron chi connectivity index (χ0n) is 8.37. The van der Waals surface area contributed by atoms with E-state index >= 15 is 0 Å². The molecule has 0 aliphatic carbocycles. The lowest BCUT2D eigenvalue weighted by Gasteiger charge is -2.17. The molecule has 0 bridgehead atoms. The Morgan fingerprint density at radius 2 is 1.87 bits per heavy atom. The first-order chi connectivity index (χ1) is 7.16. The summed E-state index contributed by atoms with van der Waals surface area (Å²) in [6.45, 7) is 1.50. The lowest BCUT2D eigenvalue weighted by molar-refractivity contribution is 0.198. The van der Waals surface area contributed by atoms with Gasteiger partial charge >= 0.3 is 7.12 Å². The van der Waals surface area contributed by atoms with Gasteiger partial charge in [-0.3, -0.25) is 0 Å². The van der Waals surface area contributed by atoms with Crippen LogP contribution < -0.4 is 10.4 Å². The van der Waals surface area contributed by atoms with Crippen LogP contribution in [0.1, 0.15) is 6.42 Å². The van der Waals surface area contributed by atoms with Crippen LogP contribution in [0, 0.1) is 0 Å². The summed E-state index contributed by atoms with van der Waals surface area (Å²) in [6, 6.07) is 7.05. The summed E-state index contributed by atoms with van der Waals surface area (Å²) in [7, 11) is -1.41. The number of benzene rings is 1. The minimum Gasteiger partial charge on any atom is -0.423 e. The van der Waals surface area contributed by atoms with Crippen molar-refractivity contribution in [2.75, 3.05) is 18.0 Å². The molecule has 1 fully saturated rings. The van der Waals surface area contributed by atoms with E-state index in [-0.39, 0.29) is 6.10 Å². The van der Waals surface area contributed by atoms with Gasteiger partial charge in [0.25, 0.3) is 0 Å². The van der Waals surface area contributed by atoms with Crippen LogP contribution in [0.15, 0.2) is 24.3 Å². The van der Waals surface area contributed by atoms with E-state index in [9.17, 15) is 5.11 Å². The molecule has 1 aliphatic rings. The van der Waals surface area contributed by atoms with Crippen molar-refractivity contribution in [3.05, 3.63) is 24.3 Å². The highest BCUT2D eigenvalue weighted by molar-refractivity contribution is 6.58. The zero-order chi connectivity index (χ0) is 10.8. The number of aliphatic hydroxyl groups excluding tert-OH is 1. The van der Waals surface area contributed by atoms with Gasteiger partial charge in [-0.25, -0.2) is 0 Å². The standard InChI is InChI=1S/C10H14BNO3/c13-10-5-6-12(7-10)9-3-1-8(2-4-9)11(14)15/h1-4,10,13-15H,5-7H2. The van der Waals surface area contributed by atoms with Crippen LogP contribution in [0.4, 0.5) is 5.69 Å². The molecule has 2 rings (SSSR count). The second-order valence-electron chi connectivity index (χ2n) is 3.85. The molecule has 0 amide bonds. The van der Waals surface area contributed by atoms with Crippen molar-refractivity contribution in [1.82, 2.24) is 0 Å². The maximum Gasteiger partial charge on any atom is 0.488 e. The van der Waals surface area contributed by atoms with Crippen molar-refractivity contribution in [2.24, 2.45) is 0 Å². The Bertz CT molecular complexity index is 328. The number of anilines is 1. The van der Waals surface area contributed by atoms with Gasteiger partial charge in [0.1, 0.15) is 0 Å². The molecule has 1 heterocycles. The predicted octanol–water partition coefficient (Wildman–Crippen LogP) is -1.06. The fraction of sp³-hybridized carbons (Fsp3) is 0.400. The average molecular weight is 207 g/mol. The number of nitrogens with zero attached hydrogens (tertiary/aromatic N) is 1. The molecule has 1 atom stereocenters. The van der Waals surface area contributed by atoms with Crippen LogP contribution in [0.25, 0.3) is 0 Å². The van der Waals surface area contributed by atoms with Gasteiger partial charge in [-0.05, 0) is 24.0 Å². The molecular weight excluding hydrogens is 193 g/mol. The van der Waals surface area contributed by atoms with Gasteiger partial charge in [0.05, 0.1) is 6.10 Å². The Labute approximate surface area is 88.9 Å². The summed E-state index contributed by atoms with van der Waals surface area (Å²) in [5.74, 6) is 0. The molecule has 15 heavy (non-hydrogen) atoms. The van der Waals surface area contributed by atoms with Crippen LogP contribution in [-0.2, 0) is 0 Å². The van der Waals surface area contributed by atoms with Gasteiger partial charge in [-0.1, -0.05) is 12.1 Å². The quantitative estimate of drug-likeness (QED) is 0.541. The number of rotatable bonds is 2. The Kier molecular flexibility index (Phi) is 2.95. The Morgan fingerprint density at radius 3 is 2.33 bits per heavy atom. The molecule has 1 aromatic carbocycles. The van der Waals surface area contributed by atoms with Crippen molar-refractivity contribution in [2.45, 2.75) is 12.5 Å². The van der Waals surface area contributed by atoms with Gasteiger partial charge < -0.3 is 20.1 Å². The largest absolute Gasteiger partial charge is 0.488 e. The second-order valence-corrected chi connectivity index (χ2v) is 3.85. The zero-order valence-corrected chi connectivity index (χ0v) is 8.37. The minimum atomic E-state index is -1.41. The lowest BCUT2D eigenvalue weighted by Crippen LogP contribution is -2.30. The van der Waals surface area contributed by atoms with Crippen LogP contribution in [0.2, 0.25) is 0 Å². The predicted molar refractivity (Wildman–Crippen MR) is 59.1 cm³/mol. The number of aliphatic hydroxyl groups is 1. The van der Waals surface area contributed by atoms with Crippen molar-refractivity contribution >= 4 is 18.3 Å². The molecule has 1 saturated heterocycles. The second kappa shape index (κ2) is 4.22. The van der Waals surface area contributed by atoms with E-state index in [0.29, 0.717) is 12.0 Å². The molecule has 5 heteroatoms. The summed E-state index contributed by atoms with van der Waals surface area (Å²) in [5.41, 5.74) is 1.49. The monoisotopic (exact) mass is 207 g/mol. The summed E-state index contributed by atoms with van der Waals surface area (Å²) >= 11 is 0. The third-order valence-electron chi connectivity index (χ3n) is 2.72. The summed E-state index contributed by atoms with van der Waals surface area (Å²) < 4.78 is 0. The SMILES string of the molecule is OB(O)c1ccc(N2CCC(O)C2)cc1. The van der Waals surface area contributed by atoms with Crippen molar-refractivity contribution in [3.8, 4) is 0 Å². The van der Waals surface area contributed by atoms with Gasteiger partial charge in [-0.15, -0.1) is 0 Å². The lowest BCUT2D eigenvalue weighted by atomic mass is 9.80. The Balaban J connectivity index is 2.10. The molecule has 1 aromatic rings. The van der Waals surface area contributed by atoms with Crippen LogP contribution in [-0.4, -0.2) is 41.5 Å². The van der Waals surface area contributed by atoms with Gasteiger partial charge in [0, 0.05) is 18.8 Å². The fourth-order valence-corrected chi connectivity index (χ4v) is 1.83. The van der Waals surface area contributed by atoms with E-state index < -0.39 is 7.12 Å². The minimum absolute atomic E-state index is 0.242. The third kappa shape index (κ3) is 2.31. The highest BCUT2D eigenvalue weighted by Crippen LogP contribution is 2.18. The Hall–Kier alpha value is -1.04. The number of β-amino-alcohol motifs (C(OH)–C–C–N with tert-alkyl or cyclic N) is 1. The average Bonchev–Trinajstić information content (AvgIpc) is 2.65. The maximum absolute atomic E-state index is 9.38. The van der Waals surface area contributed by atoms with E-state index in [1.165, 1.54) is 0 Å². The molecule has 80 valence electrons. The highest BCUT2D eigenvalue weighted by Gasteiger charge is 2.20. The van der Waals surface area contributed by atoms with E-state index in [1.807, 2.05) is 12.1 Å². The van der Waals surface area contributed by atoms with E-state index in [1.54, 1.807) is 12.1 Å². The van der Waals surface area contributed by atoms with Crippen LogP contribution in [0.3, 0.4) is 0 Å². The normalized spacial score (nSPS) is 20.7. The van der Waals surface area contributed by atoms with Crippen molar-refractivity contribution < 1.29 is 15.2 Å². The smallest absolute Gasteiger partial charge is 0.423 e. The first-order valence-corrected chi connectivity index (χ1v) is 5.06. The number of hydrogen-bond acceptors (Lipinski definition) is 4. The van der Waals surface area contributed by atoms with Crippen LogP contribution >= 0.6 is 0 Å². The van der Waals surface area contributed by atoms with E-state index in [2.05, 4.69) is 4.90 Å². The van der Waals surface area contributed by atoms with Gasteiger partial charge in [0.15, 0.2) is 0 Å². The molecule has 3 N–H and O–H groups in total. The third-order valence-corrected chi connectivity index (χ3v) is 2.72. The van der Waals surface area contributed by atoms with Crippen LogP contribution in [0.5, 0.6) is 0 Å². The number of hydrogen-bond donors (Lipinski definition) is 3. The molecule has 1 unspecified atom stereocenters. The molecule has 1 aliphatic heterocycles. The summed E-state index contributed by atoms with van der Waals surface area (Å²) in [4.78, 5) is 2.08. The van der Waals surface area contributed by atoms with Gasteiger partial charge in [-0.2, -0.15) is 0 Å². The molecule has 0 radical (unpaired) electrons. The van der Waals surface area contributed by atoms with E-state index in [0.717, 1.165) is 18.7 Å². The maximum atomic E-state index is 9.38. The summed E-state index contributed by atoms with van der Waals surface area (Å²) in [5, 5.41) is 27.2. The molecular formula is C10H14BNO3. The Morgan fingerprint density at radius 1 is 1.20 bits per heavy atom. The van der Waals surface area contributed by atoms with Crippen molar-refractivity contribution in [3.63, 3.8) is 0 Å².